The number of aromatic nitrogens is 1. The molecule has 2 heteroatoms. The van der Waals surface area contributed by atoms with Gasteiger partial charge in [0.1, 0.15) is 5.75 Å². The maximum Gasteiger partial charge on any atom is 0.125 e. The summed E-state index contributed by atoms with van der Waals surface area (Å²) in [6.07, 6.45) is 2.79. The highest BCUT2D eigenvalue weighted by molar-refractivity contribution is 5.89. The van der Waals surface area contributed by atoms with E-state index in [4.69, 9.17) is 0 Å². The average molecular weight is 273 g/mol. The summed E-state index contributed by atoms with van der Waals surface area (Å²) in [6, 6.07) is 20.5. The van der Waals surface area contributed by atoms with Crippen molar-refractivity contribution in [1.82, 2.24) is 4.98 Å². The molecule has 0 aliphatic rings. The van der Waals surface area contributed by atoms with E-state index in [0.29, 0.717) is 5.75 Å². The highest BCUT2D eigenvalue weighted by Crippen LogP contribution is 2.29. The predicted molar refractivity (Wildman–Crippen MR) is 86.7 cm³/mol. The molecule has 0 unspecified atom stereocenters. The molecule has 0 bridgehead atoms. The van der Waals surface area contributed by atoms with Gasteiger partial charge in [-0.2, -0.15) is 0 Å². The molecule has 1 aromatic heterocycles. The summed E-state index contributed by atoms with van der Waals surface area (Å²) in [4.78, 5) is 3.23. The van der Waals surface area contributed by atoms with Gasteiger partial charge in [-0.05, 0) is 40.5 Å². The zero-order chi connectivity index (χ0) is 14.2. The molecule has 0 saturated carbocycles. The van der Waals surface area contributed by atoms with Crippen LogP contribution in [0, 0.1) is 0 Å². The normalized spacial score (nSPS) is 11.2. The van der Waals surface area contributed by atoms with Crippen LogP contribution in [-0.2, 0) is 6.42 Å². The van der Waals surface area contributed by atoms with Crippen molar-refractivity contribution in [1.29, 1.82) is 0 Å². The summed E-state index contributed by atoms with van der Waals surface area (Å²) < 4.78 is 0. The number of nitrogens with one attached hydrogen (secondary N) is 1. The molecule has 1 heterocycles. The largest absolute Gasteiger partial charge is 0.507 e. The molecule has 3 aromatic carbocycles. The van der Waals surface area contributed by atoms with Crippen LogP contribution in [0.25, 0.3) is 21.7 Å². The number of aromatic amines is 1. The number of H-pyrrole nitrogens is 1. The second kappa shape index (κ2) is 4.67. The lowest BCUT2D eigenvalue weighted by atomic mass is 10.0. The second-order valence-corrected chi connectivity index (χ2v) is 5.37. The molecule has 0 radical (unpaired) electrons. The number of aromatic hydroxyl groups is 1. The maximum atomic E-state index is 10.1. The lowest BCUT2D eigenvalue weighted by Crippen LogP contribution is -1.87. The average Bonchev–Trinajstić information content (AvgIpc) is 2.92. The van der Waals surface area contributed by atoms with Gasteiger partial charge in [0.05, 0.1) is 0 Å². The molecule has 2 N–H and O–H groups in total. The number of benzene rings is 3. The van der Waals surface area contributed by atoms with Gasteiger partial charge < -0.3 is 10.1 Å². The van der Waals surface area contributed by atoms with Crippen LogP contribution in [0.5, 0.6) is 5.75 Å². The molecule has 0 amide bonds. The summed E-state index contributed by atoms with van der Waals surface area (Å²) >= 11 is 0. The second-order valence-electron chi connectivity index (χ2n) is 5.37. The molecular formula is C19H15NO. The Labute approximate surface area is 122 Å². The Hall–Kier alpha value is -2.74. The lowest BCUT2D eigenvalue weighted by molar-refractivity contribution is 0.481. The Kier molecular flexibility index (Phi) is 2.68. The van der Waals surface area contributed by atoms with Crippen molar-refractivity contribution in [2.75, 3.05) is 0 Å². The Morgan fingerprint density at radius 3 is 2.62 bits per heavy atom. The summed E-state index contributed by atoms with van der Waals surface area (Å²) in [5, 5.41) is 13.5. The van der Waals surface area contributed by atoms with Crippen LogP contribution in [0.2, 0.25) is 0 Å². The first-order valence-electron chi connectivity index (χ1n) is 7.07. The summed E-state index contributed by atoms with van der Waals surface area (Å²) in [7, 11) is 0. The van der Waals surface area contributed by atoms with Crippen LogP contribution in [0.15, 0.2) is 66.9 Å². The first-order chi connectivity index (χ1) is 10.3. The Balaban J connectivity index is 1.79. The molecule has 0 saturated heterocycles. The van der Waals surface area contributed by atoms with Gasteiger partial charge in [-0.25, -0.2) is 0 Å². The standard InChI is InChI=1S/C19H15NO/c21-18-7-3-6-17-19(18)16(12-20-17)11-13-8-9-14-4-1-2-5-15(14)10-13/h1-10,12,20-21H,11H2. The highest BCUT2D eigenvalue weighted by atomic mass is 16.3. The van der Waals surface area contributed by atoms with E-state index in [-0.39, 0.29) is 0 Å². The van der Waals surface area contributed by atoms with Gasteiger partial charge in [0, 0.05) is 17.1 Å². The van der Waals surface area contributed by atoms with Crippen molar-refractivity contribution in [3.63, 3.8) is 0 Å². The van der Waals surface area contributed by atoms with E-state index in [0.717, 1.165) is 22.9 Å². The Bertz CT molecular complexity index is 937. The molecule has 4 aromatic rings. The quantitative estimate of drug-likeness (QED) is 0.549. The number of phenols is 1. The third kappa shape index (κ3) is 2.05. The Morgan fingerprint density at radius 1 is 0.857 bits per heavy atom. The van der Waals surface area contributed by atoms with Gasteiger partial charge >= 0.3 is 0 Å². The minimum atomic E-state index is 0.338. The van der Waals surface area contributed by atoms with E-state index in [1.165, 1.54) is 16.3 Å². The van der Waals surface area contributed by atoms with E-state index in [1.54, 1.807) is 6.07 Å². The molecule has 0 aliphatic heterocycles. The number of hydrogen-bond donors (Lipinski definition) is 2. The molecule has 0 atom stereocenters. The zero-order valence-corrected chi connectivity index (χ0v) is 11.5. The third-order valence-electron chi connectivity index (χ3n) is 3.97. The summed E-state index contributed by atoms with van der Waals surface area (Å²) in [5.41, 5.74) is 3.35. The Morgan fingerprint density at radius 2 is 1.71 bits per heavy atom. The van der Waals surface area contributed by atoms with Crippen LogP contribution in [0.1, 0.15) is 11.1 Å². The smallest absolute Gasteiger partial charge is 0.125 e. The lowest BCUT2D eigenvalue weighted by Gasteiger charge is -2.04. The molecule has 2 nitrogen and oxygen atoms in total. The fraction of sp³-hybridized carbons (Fsp3) is 0.0526. The number of phenolic OH excluding ortho intramolecular Hbond substituents is 1. The minimum Gasteiger partial charge on any atom is -0.507 e. The van der Waals surface area contributed by atoms with E-state index in [2.05, 4.69) is 47.4 Å². The van der Waals surface area contributed by atoms with Crippen molar-refractivity contribution < 1.29 is 5.11 Å². The van der Waals surface area contributed by atoms with Gasteiger partial charge in [0.15, 0.2) is 0 Å². The van der Waals surface area contributed by atoms with Crippen LogP contribution >= 0.6 is 0 Å². The predicted octanol–water partition coefficient (Wildman–Crippen LogP) is 4.62. The maximum absolute atomic E-state index is 10.1. The van der Waals surface area contributed by atoms with Crippen molar-refractivity contribution in [2.24, 2.45) is 0 Å². The van der Waals surface area contributed by atoms with E-state index < -0.39 is 0 Å². The van der Waals surface area contributed by atoms with Crippen LogP contribution in [0.4, 0.5) is 0 Å². The van der Waals surface area contributed by atoms with E-state index in [1.807, 2.05) is 18.3 Å². The van der Waals surface area contributed by atoms with Crippen LogP contribution in [0.3, 0.4) is 0 Å². The molecule has 0 spiro atoms. The van der Waals surface area contributed by atoms with Gasteiger partial charge in [0.2, 0.25) is 0 Å². The van der Waals surface area contributed by atoms with E-state index in [9.17, 15) is 5.11 Å². The SMILES string of the molecule is Oc1cccc2[nH]cc(Cc3ccc4ccccc4c3)c12. The summed E-state index contributed by atoms with van der Waals surface area (Å²) in [5.74, 6) is 0.338. The van der Waals surface area contributed by atoms with Gasteiger partial charge in [-0.1, -0.05) is 48.5 Å². The topological polar surface area (TPSA) is 36.0 Å². The molecule has 21 heavy (non-hydrogen) atoms. The highest BCUT2D eigenvalue weighted by Gasteiger charge is 2.08. The van der Waals surface area contributed by atoms with Gasteiger partial charge in [0.25, 0.3) is 0 Å². The van der Waals surface area contributed by atoms with Crippen molar-refractivity contribution in [3.05, 3.63) is 78.0 Å². The molecule has 0 fully saturated rings. The first kappa shape index (κ1) is 12.0. The van der Waals surface area contributed by atoms with Crippen LogP contribution < -0.4 is 0 Å². The summed E-state index contributed by atoms with van der Waals surface area (Å²) in [6.45, 7) is 0. The number of fused-ring (bicyclic) bond motifs is 2. The molecular weight excluding hydrogens is 258 g/mol. The molecule has 4 rings (SSSR count). The zero-order valence-electron chi connectivity index (χ0n) is 11.5. The van der Waals surface area contributed by atoms with E-state index >= 15 is 0 Å². The van der Waals surface area contributed by atoms with Crippen molar-refractivity contribution in [2.45, 2.75) is 6.42 Å². The first-order valence-corrected chi connectivity index (χ1v) is 7.07. The van der Waals surface area contributed by atoms with Gasteiger partial charge in [-0.3, -0.25) is 0 Å². The number of hydrogen-bond acceptors (Lipinski definition) is 1. The van der Waals surface area contributed by atoms with Gasteiger partial charge in [-0.15, -0.1) is 0 Å². The van der Waals surface area contributed by atoms with Crippen molar-refractivity contribution in [3.8, 4) is 5.75 Å². The number of rotatable bonds is 2. The molecule has 0 aliphatic carbocycles. The minimum absolute atomic E-state index is 0.338. The van der Waals surface area contributed by atoms with Crippen LogP contribution in [-0.4, -0.2) is 10.1 Å². The monoisotopic (exact) mass is 273 g/mol. The third-order valence-corrected chi connectivity index (χ3v) is 3.97. The fourth-order valence-electron chi connectivity index (χ4n) is 2.94. The fourth-order valence-corrected chi connectivity index (χ4v) is 2.94. The molecule has 102 valence electrons. The van der Waals surface area contributed by atoms with Crippen molar-refractivity contribution >= 4 is 21.7 Å².